The van der Waals surface area contributed by atoms with Gasteiger partial charge in [0.1, 0.15) is 5.65 Å². The van der Waals surface area contributed by atoms with Gasteiger partial charge in [-0.2, -0.15) is 0 Å². The van der Waals surface area contributed by atoms with Crippen LogP contribution >= 0.6 is 15.9 Å². The van der Waals surface area contributed by atoms with Crippen molar-refractivity contribution in [3.05, 3.63) is 52.8 Å². The van der Waals surface area contributed by atoms with Gasteiger partial charge in [0.05, 0.1) is 21.2 Å². The van der Waals surface area contributed by atoms with Crippen LogP contribution in [0.5, 0.6) is 0 Å². The van der Waals surface area contributed by atoms with Crippen molar-refractivity contribution in [1.82, 2.24) is 9.97 Å². The number of nitrogens with one attached hydrogen (secondary N) is 2. The lowest BCUT2D eigenvalue weighted by atomic mass is 10.1. The lowest BCUT2D eigenvalue weighted by Gasteiger charge is -2.33. The highest BCUT2D eigenvalue weighted by molar-refractivity contribution is 9.10. The maximum absolute atomic E-state index is 12.9. The summed E-state index contributed by atoms with van der Waals surface area (Å²) in [6, 6.07) is 10.4. The summed E-state index contributed by atoms with van der Waals surface area (Å²) in [6.45, 7) is 1.75. The molecule has 150 valence electrons. The van der Waals surface area contributed by atoms with Crippen LogP contribution in [0.25, 0.3) is 11.0 Å². The molecule has 0 radical (unpaired) electrons. The standard InChI is InChI=1S/C22H24BrN5O/c23-17-10-25-21-19(20(17)28-8-4-7-14(24)12-28)18(11-26-21)27-22(29)16-9-15(16)13-5-2-1-3-6-13/h1-3,5-6,10-11,14-16H,4,7-9,12,24H2,(H,25,26)(H,27,29)/t14-,15?,16+/m1/s1. The first kappa shape index (κ1) is 18.6. The van der Waals surface area contributed by atoms with Crippen LogP contribution in [0, 0.1) is 5.92 Å². The lowest BCUT2D eigenvalue weighted by molar-refractivity contribution is -0.117. The summed E-state index contributed by atoms with van der Waals surface area (Å²) >= 11 is 3.67. The summed E-state index contributed by atoms with van der Waals surface area (Å²) in [4.78, 5) is 22.9. The van der Waals surface area contributed by atoms with E-state index in [0.717, 1.165) is 59.2 Å². The number of benzene rings is 1. The molecule has 2 aliphatic rings. The smallest absolute Gasteiger partial charge is 0.228 e. The Morgan fingerprint density at radius 2 is 2.14 bits per heavy atom. The summed E-state index contributed by atoms with van der Waals surface area (Å²) in [5, 5.41) is 4.10. The molecular formula is C22H24BrN5O. The van der Waals surface area contributed by atoms with Gasteiger partial charge >= 0.3 is 0 Å². The number of amides is 1. The van der Waals surface area contributed by atoms with Crippen LogP contribution < -0.4 is 16.0 Å². The quantitative estimate of drug-likeness (QED) is 0.557. The second-order valence-corrected chi connectivity index (χ2v) is 8.93. The van der Waals surface area contributed by atoms with E-state index in [2.05, 4.69) is 48.2 Å². The van der Waals surface area contributed by atoms with Crippen LogP contribution in [0.1, 0.15) is 30.7 Å². The number of nitrogens with two attached hydrogens (primary N) is 1. The zero-order valence-electron chi connectivity index (χ0n) is 16.1. The predicted octanol–water partition coefficient (Wildman–Crippen LogP) is 4.00. The minimum Gasteiger partial charge on any atom is -0.368 e. The molecular weight excluding hydrogens is 430 g/mol. The highest BCUT2D eigenvalue weighted by atomic mass is 79.9. The van der Waals surface area contributed by atoms with E-state index in [4.69, 9.17) is 5.73 Å². The van der Waals surface area contributed by atoms with Crippen molar-refractivity contribution in [2.75, 3.05) is 23.3 Å². The number of anilines is 2. The zero-order valence-corrected chi connectivity index (χ0v) is 17.7. The number of hydrogen-bond acceptors (Lipinski definition) is 4. The van der Waals surface area contributed by atoms with Gasteiger partial charge in [-0.3, -0.25) is 4.79 Å². The van der Waals surface area contributed by atoms with Crippen molar-refractivity contribution in [3.63, 3.8) is 0 Å². The molecule has 1 unspecified atom stereocenters. The molecule has 5 rings (SSSR count). The Kier molecular flexibility index (Phi) is 4.80. The Balaban J connectivity index is 1.42. The molecule has 3 aromatic rings. The molecule has 1 saturated carbocycles. The molecule has 4 N–H and O–H groups in total. The van der Waals surface area contributed by atoms with E-state index in [1.807, 2.05) is 30.6 Å². The summed E-state index contributed by atoms with van der Waals surface area (Å²) in [6.07, 6.45) is 6.65. The second kappa shape index (κ2) is 7.46. The number of carbonyl (C=O) groups excluding carboxylic acids is 1. The van der Waals surface area contributed by atoms with E-state index in [9.17, 15) is 4.79 Å². The molecule has 29 heavy (non-hydrogen) atoms. The molecule has 3 heterocycles. The molecule has 6 nitrogen and oxygen atoms in total. The van der Waals surface area contributed by atoms with Gasteiger partial charge in [0.25, 0.3) is 0 Å². The van der Waals surface area contributed by atoms with Crippen LogP contribution in [-0.4, -0.2) is 35.0 Å². The fourth-order valence-corrected chi connectivity index (χ4v) is 5.01. The highest BCUT2D eigenvalue weighted by Crippen LogP contribution is 2.48. The lowest BCUT2D eigenvalue weighted by Crippen LogP contribution is -2.43. The first-order valence-electron chi connectivity index (χ1n) is 10.1. The first-order valence-corrected chi connectivity index (χ1v) is 10.9. The van der Waals surface area contributed by atoms with E-state index in [1.54, 1.807) is 0 Å². The third-order valence-corrected chi connectivity index (χ3v) is 6.60. The van der Waals surface area contributed by atoms with E-state index in [1.165, 1.54) is 5.56 Å². The number of pyridine rings is 1. The first-order chi connectivity index (χ1) is 14.1. The molecule has 2 aromatic heterocycles. The number of H-pyrrole nitrogens is 1. The van der Waals surface area contributed by atoms with E-state index in [0.29, 0.717) is 5.92 Å². The fraction of sp³-hybridized carbons (Fsp3) is 0.364. The number of rotatable bonds is 4. The maximum Gasteiger partial charge on any atom is 0.228 e. The predicted molar refractivity (Wildman–Crippen MR) is 119 cm³/mol. The van der Waals surface area contributed by atoms with Gasteiger partial charge in [0.15, 0.2) is 0 Å². The van der Waals surface area contributed by atoms with Crippen molar-refractivity contribution < 1.29 is 4.79 Å². The molecule has 1 amide bonds. The number of aromatic nitrogens is 2. The summed E-state index contributed by atoms with van der Waals surface area (Å²) in [5.74, 6) is 0.404. The number of halogens is 1. The van der Waals surface area contributed by atoms with Crippen LogP contribution in [-0.2, 0) is 4.79 Å². The van der Waals surface area contributed by atoms with Crippen molar-refractivity contribution >= 4 is 44.2 Å². The summed E-state index contributed by atoms with van der Waals surface area (Å²) < 4.78 is 0.919. The molecule has 0 spiro atoms. The third kappa shape index (κ3) is 3.53. The van der Waals surface area contributed by atoms with Gasteiger partial charge in [0.2, 0.25) is 5.91 Å². The Morgan fingerprint density at radius 1 is 1.31 bits per heavy atom. The van der Waals surface area contributed by atoms with E-state index < -0.39 is 0 Å². The number of piperidine rings is 1. The number of nitrogens with zero attached hydrogens (tertiary/aromatic N) is 2. The van der Waals surface area contributed by atoms with Crippen molar-refractivity contribution in [2.45, 2.75) is 31.2 Å². The van der Waals surface area contributed by atoms with E-state index >= 15 is 0 Å². The minimum atomic E-state index is 0.0225. The summed E-state index contributed by atoms with van der Waals surface area (Å²) in [5.41, 5.74) is 10.1. The van der Waals surface area contributed by atoms with Crippen molar-refractivity contribution in [3.8, 4) is 0 Å². The van der Waals surface area contributed by atoms with Gasteiger partial charge in [0, 0.05) is 37.4 Å². The highest BCUT2D eigenvalue weighted by Gasteiger charge is 2.44. The van der Waals surface area contributed by atoms with Gasteiger partial charge in [-0.25, -0.2) is 4.98 Å². The molecule has 1 aliphatic carbocycles. The number of carbonyl (C=O) groups is 1. The van der Waals surface area contributed by atoms with Crippen LogP contribution in [0.3, 0.4) is 0 Å². The molecule has 1 aliphatic heterocycles. The fourth-order valence-electron chi connectivity index (χ4n) is 4.46. The van der Waals surface area contributed by atoms with Gasteiger partial charge in [-0.05, 0) is 46.7 Å². The molecule has 0 bridgehead atoms. The zero-order chi connectivity index (χ0) is 20.0. The number of fused-ring (bicyclic) bond motifs is 1. The Morgan fingerprint density at radius 3 is 2.93 bits per heavy atom. The van der Waals surface area contributed by atoms with Gasteiger partial charge < -0.3 is 20.9 Å². The van der Waals surface area contributed by atoms with Crippen LogP contribution in [0.2, 0.25) is 0 Å². The van der Waals surface area contributed by atoms with Crippen molar-refractivity contribution in [2.24, 2.45) is 11.7 Å². The van der Waals surface area contributed by atoms with Gasteiger partial charge in [-0.1, -0.05) is 30.3 Å². The Bertz CT molecular complexity index is 1050. The van der Waals surface area contributed by atoms with E-state index in [-0.39, 0.29) is 17.9 Å². The van der Waals surface area contributed by atoms with Crippen LogP contribution in [0.15, 0.2) is 47.2 Å². The monoisotopic (exact) mass is 453 g/mol. The molecule has 3 atom stereocenters. The number of aromatic amines is 1. The topological polar surface area (TPSA) is 87.0 Å². The molecule has 1 aromatic carbocycles. The maximum atomic E-state index is 12.9. The average Bonchev–Trinajstić information content (AvgIpc) is 3.44. The normalized spacial score (nSPS) is 23.9. The second-order valence-electron chi connectivity index (χ2n) is 8.08. The molecule has 1 saturated heterocycles. The SMILES string of the molecule is N[C@@H]1CCCN(c2c(Br)cnc3[nH]cc(NC(=O)[C@H]4CC4c4ccccc4)c23)C1. The minimum absolute atomic E-state index is 0.0225. The Hall–Kier alpha value is -2.38. The Labute approximate surface area is 178 Å². The number of hydrogen-bond donors (Lipinski definition) is 3. The average molecular weight is 454 g/mol. The molecule has 2 fully saturated rings. The van der Waals surface area contributed by atoms with Gasteiger partial charge in [-0.15, -0.1) is 0 Å². The largest absolute Gasteiger partial charge is 0.368 e. The summed E-state index contributed by atoms with van der Waals surface area (Å²) in [7, 11) is 0. The van der Waals surface area contributed by atoms with Crippen LogP contribution in [0.4, 0.5) is 11.4 Å². The third-order valence-electron chi connectivity index (χ3n) is 6.02. The van der Waals surface area contributed by atoms with Crippen molar-refractivity contribution in [1.29, 1.82) is 0 Å². The molecule has 7 heteroatoms.